The molecule has 1 atom stereocenters. The van der Waals surface area contributed by atoms with Gasteiger partial charge < -0.3 is 27.1 Å². The van der Waals surface area contributed by atoms with Gasteiger partial charge in [0.25, 0.3) is 0 Å². The Hall–Kier alpha value is -3.91. The molecular formula is C29H33ClN8. The number of H-pyrrole nitrogens is 1. The Morgan fingerprint density at radius 2 is 1.26 bits per heavy atom. The van der Waals surface area contributed by atoms with Crippen molar-refractivity contribution in [3.8, 4) is 0 Å². The first-order chi connectivity index (χ1) is 18.2. The molecule has 2 aliphatic rings. The number of fused-ring (bicyclic) bond motifs is 4. The minimum absolute atomic E-state index is 0. The number of rotatable bonds is 6. The number of aromatic amines is 1. The Labute approximate surface area is 229 Å². The van der Waals surface area contributed by atoms with Crippen LogP contribution in [0.2, 0.25) is 0 Å². The Bertz CT molecular complexity index is 1430. The highest BCUT2D eigenvalue weighted by Crippen LogP contribution is 2.40. The lowest BCUT2D eigenvalue weighted by Crippen LogP contribution is -3.00. The molecule has 0 fully saturated rings. The number of nitrogens with zero attached hydrogens (tertiary/aromatic N) is 7. The van der Waals surface area contributed by atoms with Gasteiger partial charge in [-0.15, -0.1) is 0 Å². The van der Waals surface area contributed by atoms with Gasteiger partial charge in [-0.05, 0) is 64.1 Å². The highest BCUT2D eigenvalue weighted by Gasteiger charge is 2.42. The fourth-order valence-corrected chi connectivity index (χ4v) is 5.49. The highest BCUT2D eigenvalue weighted by molar-refractivity contribution is 5.86. The van der Waals surface area contributed by atoms with Crippen molar-refractivity contribution >= 4 is 45.3 Å². The Kier molecular flexibility index (Phi) is 7.08. The van der Waals surface area contributed by atoms with E-state index in [1.54, 1.807) is 0 Å². The van der Waals surface area contributed by atoms with Crippen LogP contribution in [0.15, 0.2) is 72.6 Å². The van der Waals surface area contributed by atoms with Crippen LogP contribution in [0, 0.1) is 0 Å². The number of aromatic nitrogens is 4. The first kappa shape index (κ1) is 25.7. The first-order valence-corrected chi connectivity index (χ1v) is 13.2. The summed E-state index contributed by atoms with van der Waals surface area (Å²) >= 11 is 0. The molecule has 6 rings (SSSR count). The molecule has 0 spiro atoms. The molecule has 2 aromatic carbocycles. The van der Waals surface area contributed by atoms with E-state index >= 15 is 0 Å². The van der Waals surface area contributed by atoms with Crippen molar-refractivity contribution in [1.82, 2.24) is 15.0 Å². The van der Waals surface area contributed by atoms with E-state index in [4.69, 9.17) is 15.0 Å². The first-order valence-electron chi connectivity index (χ1n) is 13.2. The molecule has 0 amide bonds. The van der Waals surface area contributed by atoms with E-state index in [2.05, 4.69) is 82.6 Å². The third kappa shape index (κ3) is 4.00. The molecule has 8 nitrogen and oxygen atoms in total. The number of anilines is 4. The van der Waals surface area contributed by atoms with Crippen LogP contribution in [0.3, 0.4) is 0 Å². The molecule has 0 radical (unpaired) electrons. The summed E-state index contributed by atoms with van der Waals surface area (Å²) in [5.74, 6) is 5.02. The molecule has 2 aromatic heterocycles. The molecule has 1 unspecified atom stereocenters. The average molecular weight is 529 g/mol. The van der Waals surface area contributed by atoms with E-state index in [1.165, 1.54) is 0 Å². The van der Waals surface area contributed by atoms with Crippen molar-refractivity contribution in [1.29, 1.82) is 0 Å². The second-order valence-corrected chi connectivity index (χ2v) is 9.17. The lowest BCUT2D eigenvalue weighted by atomic mass is 10.3. The highest BCUT2D eigenvalue weighted by atomic mass is 35.5. The molecule has 9 heteroatoms. The zero-order valence-electron chi connectivity index (χ0n) is 22.3. The van der Waals surface area contributed by atoms with Crippen molar-refractivity contribution in [3.05, 3.63) is 72.6 Å². The predicted octanol–water partition coefficient (Wildman–Crippen LogP) is 1.75. The summed E-state index contributed by atoms with van der Waals surface area (Å²) in [4.78, 5) is 27.8. The molecule has 0 saturated carbocycles. The molecule has 38 heavy (non-hydrogen) atoms. The van der Waals surface area contributed by atoms with Gasteiger partial charge in [0.1, 0.15) is 11.3 Å². The summed E-state index contributed by atoms with van der Waals surface area (Å²) in [6.07, 6.45) is 6.71. The van der Waals surface area contributed by atoms with Crippen molar-refractivity contribution in [3.63, 3.8) is 0 Å². The minimum atomic E-state index is 0. The topological polar surface area (TPSA) is 65.8 Å². The number of hydrogen-bond acceptors (Lipinski definition) is 7. The lowest BCUT2D eigenvalue weighted by Gasteiger charge is -2.23. The number of benzene rings is 2. The zero-order valence-corrected chi connectivity index (χ0v) is 23.0. The third-order valence-electron chi connectivity index (χ3n) is 7.23. The SMILES string of the molecule is CCN1C(=C/C=C/C2N(CC)c3nc4ccccc4[nH+]c3N2CC)N(CC)c2nc3ccccc3nc21.[Cl-]. The van der Waals surface area contributed by atoms with Crippen LogP contribution in [0.25, 0.3) is 22.1 Å². The van der Waals surface area contributed by atoms with Crippen LogP contribution in [0.1, 0.15) is 27.7 Å². The smallest absolute Gasteiger partial charge is 0.320 e. The molecule has 196 valence electrons. The largest absolute Gasteiger partial charge is 1.00 e. The van der Waals surface area contributed by atoms with Gasteiger partial charge >= 0.3 is 5.82 Å². The van der Waals surface area contributed by atoms with Gasteiger partial charge in [-0.25, -0.2) is 24.8 Å². The molecule has 2 aliphatic heterocycles. The van der Waals surface area contributed by atoms with Crippen LogP contribution >= 0.6 is 0 Å². The van der Waals surface area contributed by atoms with Crippen LogP contribution in [0.4, 0.5) is 23.3 Å². The van der Waals surface area contributed by atoms with Gasteiger partial charge in [0.15, 0.2) is 23.3 Å². The van der Waals surface area contributed by atoms with E-state index in [-0.39, 0.29) is 18.6 Å². The van der Waals surface area contributed by atoms with Gasteiger partial charge in [-0.2, -0.15) is 0 Å². The van der Waals surface area contributed by atoms with Crippen molar-refractivity contribution in [2.24, 2.45) is 0 Å². The second-order valence-electron chi connectivity index (χ2n) is 9.17. The summed E-state index contributed by atoms with van der Waals surface area (Å²) in [7, 11) is 0. The van der Waals surface area contributed by atoms with Gasteiger partial charge in [-0.1, -0.05) is 30.3 Å². The minimum Gasteiger partial charge on any atom is -1.00 e. The normalized spacial score (nSPS) is 16.5. The maximum atomic E-state index is 5.02. The number of para-hydroxylation sites is 4. The quantitative estimate of drug-likeness (QED) is 0.378. The van der Waals surface area contributed by atoms with Crippen LogP contribution in [-0.2, 0) is 0 Å². The Morgan fingerprint density at radius 1 is 0.711 bits per heavy atom. The molecule has 1 N–H and O–H groups in total. The maximum Gasteiger partial charge on any atom is 0.320 e. The van der Waals surface area contributed by atoms with E-state index in [1.807, 2.05) is 36.4 Å². The summed E-state index contributed by atoms with van der Waals surface area (Å²) in [5, 5.41) is 0. The summed E-state index contributed by atoms with van der Waals surface area (Å²) < 4.78 is 0. The summed E-state index contributed by atoms with van der Waals surface area (Å²) in [6, 6.07) is 16.3. The van der Waals surface area contributed by atoms with Gasteiger partial charge in [0, 0.05) is 19.6 Å². The molecule has 0 aliphatic carbocycles. The predicted molar refractivity (Wildman–Crippen MR) is 151 cm³/mol. The van der Waals surface area contributed by atoms with E-state index in [0.29, 0.717) is 0 Å². The molecule has 0 saturated heterocycles. The van der Waals surface area contributed by atoms with Crippen LogP contribution in [0.5, 0.6) is 0 Å². The van der Waals surface area contributed by atoms with Crippen LogP contribution in [-0.4, -0.2) is 47.3 Å². The number of nitrogens with one attached hydrogen (secondary N) is 1. The number of halogens is 1. The second kappa shape index (κ2) is 10.5. The maximum absolute atomic E-state index is 5.02. The molecule has 4 heterocycles. The third-order valence-corrected chi connectivity index (χ3v) is 7.23. The molecular weight excluding hydrogens is 496 g/mol. The van der Waals surface area contributed by atoms with Crippen molar-refractivity contribution < 1.29 is 17.4 Å². The monoisotopic (exact) mass is 528 g/mol. The van der Waals surface area contributed by atoms with Gasteiger partial charge in [0.2, 0.25) is 5.82 Å². The van der Waals surface area contributed by atoms with E-state index < -0.39 is 0 Å². The van der Waals surface area contributed by atoms with Gasteiger partial charge in [-0.3, -0.25) is 0 Å². The molecule has 0 bridgehead atoms. The Balaban J connectivity index is 0.00000294. The van der Waals surface area contributed by atoms with E-state index in [0.717, 1.165) is 77.3 Å². The number of likely N-dealkylation sites (N-methyl/N-ethyl adjacent to an activating group) is 2. The van der Waals surface area contributed by atoms with E-state index in [9.17, 15) is 0 Å². The zero-order chi connectivity index (χ0) is 25.5. The fourth-order valence-electron chi connectivity index (χ4n) is 5.49. The lowest BCUT2D eigenvalue weighted by molar-refractivity contribution is -0.329. The Morgan fingerprint density at radius 3 is 1.84 bits per heavy atom. The van der Waals surface area contributed by atoms with Crippen molar-refractivity contribution in [2.45, 2.75) is 33.9 Å². The van der Waals surface area contributed by atoms with Gasteiger partial charge in [0.05, 0.1) is 17.6 Å². The fraction of sp³-hybridized carbons (Fsp3) is 0.310. The summed E-state index contributed by atoms with van der Waals surface area (Å²) in [5.41, 5.74) is 3.88. The molecule has 4 aromatic rings. The van der Waals surface area contributed by atoms with Crippen LogP contribution < -0.4 is 37.0 Å². The van der Waals surface area contributed by atoms with Crippen molar-refractivity contribution in [2.75, 3.05) is 45.8 Å². The number of allylic oxidation sites excluding steroid dienone is 2. The number of hydrogen-bond donors (Lipinski definition) is 0. The standard InChI is InChI=1S/C29H32N8.ClH/c1-5-34-24(35(6-2)27-26(34)30-20-14-9-10-15-21(20)31-27)18-13-19-25-36(7-3)28-29(37(25)8-4)33-23-17-12-11-16-22(23)32-28;/h9-19,24H,5-8H2,1-4H3;1H/b18-13+;. The summed E-state index contributed by atoms with van der Waals surface area (Å²) in [6.45, 7) is 12.1. The average Bonchev–Trinajstić information content (AvgIpc) is 3.39.